The maximum absolute atomic E-state index is 13.6. The molecule has 7 nitrogen and oxygen atoms in total. The summed E-state index contributed by atoms with van der Waals surface area (Å²) in [4.78, 5) is 26.2. The Bertz CT molecular complexity index is 984. The lowest BCUT2D eigenvalue weighted by Gasteiger charge is -2.36. The molecule has 33 heavy (non-hydrogen) atoms. The molecule has 1 aliphatic heterocycles. The Labute approximate surface area is 194 Å². The monoisotopic (exact) mass is 452 g/mol. The van der Waals surface area contributed by atoms with Gasteiger partial charge in [-0.05, 0) is 62.1 Å². The molecule has 2 aromatic rings. The molecule has 0 radical (unpaired) electrons. The lowest BCUT2D eigenvalue weighted by Crippen LogP contribution is -2.42. The molecule has 1 heterocycles. The number of amides is 2. The van der Waals surface area contributed by atoms with Crippen molar-refractivity contribution in [3.05, 3.63) is 53.6 Å². The van der Waals surface area contributed by atoms with Crippen molar-refractivity contribution in [3.8, 4) is 11.5 Å². The first-order valence-corrected chi connectivity index (χ1v) is 11.8. The van der Waals surface area contributed by atoms with Gasteiger partial charge in [0.1, 0.15) is 0 Å². The number of carbonyl (C=O) groups excluding carboxylic acids is 2. The number of nitrogens with one attached hydrogen (secondary N) is 2. The van der Waals surface area contributed by atoms with Gasteiger partial charge in [-0.2, -0.15) is 0 Å². The van der Waals surface area contributed by atoms with Crippen molar-refractivity contribution in [3.63, 3.8) is 0 Å². The summed E-state index contributed by atoms with van der Waals surface area (Å²) in [6.07, 6.45) is 5.42. The second-order valence-electron chi connectivity index (χ2n) is 8.55. The van der Waals surface area contributed by atoms with E-state index in [2.05, 4.69) is 10.6 Å². The quantitative estimate of drug-likeness (QED) is 0.551. The molecule has 0 bridgehead atoms. The third-order valence-electron chi connectivity index (χ3n) is 6.40. The molecule has 4 rings (SSSR count). The molecule has 1 fully saturated rings. The van der Waals surface area contributed by atoms with Crippen molar-refractivity contribution in [1.82, 2.24) is 5.32 Å². The van der Waals surface area contributed by atoms with Gasteiger partial charge in [-0.3, -0.25) is 9.59 Å². The average molecular weight is 453 g/mol. The Hall–Kier alpha value is -3.06. The van der Waals surface area contributed by atoms with Gasteiger partial charge in [0.2, 0.25) is 12.7 Å². The maximum atomic E-state index is 13.6. The SMILES string of the molecule is CCOCCCNC(=O)c1cccc(NC(=O)C2(c3ccc4c(c3)OCO4)CCCCC2)c1. The lowest BCUT2D eigenvalue weighted by molar-refractivity contribution is -0.122. The predicted octanol–water partition coefficient (Wildman–Crippen LogP) is 4.41. The Kier molecular flexibility index (Phi) is 7.50. The van der Waals surface area contributed by atoms with E-state index < -0.39 is 5.41 Å². The molecule has 7 heteroatoms. The molecule has 2 N–H and O–H groups in total. The molecule has 2 amide bonds. The van der Waals surface area contributed by atoms with Crippen LogP contribution < -0.4 is 20.1 Å². The molecule has 0 atom stereocenters. The Morgan fingerprint density at radius 3 is 2.67 bits per heavy atom. The fraction of sp³-hybridized carbons (Fsp3) is 0.462. The number of rotatable bonds is 9. The van der Waals surface area contributed by atoms with Crippen molar-refractivity contribution in [2.45, 2.75) is 50.9 Å². The summed E-state index contributed by atoms with van der Waals surface area (Å²) < 4.78 is 16.3. The highest BCUT2D eigenvalue weighted by Gasteiger charge is 2.42. The van der Waals surface area contributed by atoms with Gasteiger partial charge in [0.05, 0.1) is 5.41 Å². The molecule has 2 aliphatic rings. The van der Waals surface area contributed by atoms with Gasteiger partial charge in [-0.15, -0.1) is 0 Å². The van der Waals surface area contributed by atoms with E-state index in [0.717, 1.165) is 44.1 Å². The predicted molar refractivity (Wildman–Crippen MR) is 126 cm³/mol. The fourth-order valence-electron chi connectivity index (χ4n) is 4.61. The molecule has 2 aromatic carbocycles. The van der Waals surface area contributed by atoms with Crippen molar-refractivity contribution in [1.29, 1.82) is 0 Å². The van der Waals surface area contributed by atoms with Gasteiger partial charge in [0, 0.05) is 31.0 Å². The summed E-state index contributed by atoms with van der Waals surface area (Å²) in [7, 11) is 0. The number of benzene rings is 2. The average Bonchev–Trinajstić information content (AvgIpc) is 3.32. The zero-order chi connectivity index (χ0) is 23.1. The van der Waals surface area contributed by atoms with E-state index in [0.29, 0.717) is 42.5 Å². The summed E-state index contributed by atoms with van der Waals surface area (Å²) in [5, 5.41) is 5.99. The van der Waals surface area contributed by atoms with Crippen LogP contribution in [0.25, 0.3) is 0 Å². The van der Waals surface area contributed by atoms with Gasteiger partial charge < -0.3 is 24.8 Å². The van der Waals surface area contributed by atoms with Crippen LogP contribution in [0.3, 0.4) is 0 Å². The highest BCUT2D eigenvalue weighted by atomic mass is 16.7. The smallest absolute Gasteiger partial charge is 0.251 e. The van der Waals surface area contributed by atoms with Crippen LogP contribution >= 0.6 is 0 Å². The molecule has 1 saturated carbocycles. The summed E-state index contributed by atoms with van der Waals surface area (Å²) in [5.74, 6) is 1.19. The van der Waals surface area contributed by atoms with Crippen LogP contribution in [-0.2, 0) is 14.9 Å². The highest BCUT2D eigenvalue weighted by molar-refractivity contribution is 6.01. The van der Waals surface area contributed by atoms with Crippen LogP contribution in [0.1, 0.15) is 61.4 Å². The number of fused-ring (bicyclic) bond motifs is 1. The zero-order valence-corrected chi connectivity index (χ0v) is 19.2. The van der Waals surface area contributed by atoms with E-state index in [-0.39, 0.29) is 18.6 Å². The van der Waals surface area contributed by atoms with Crippen LogP contribution in [0, 0.1) is 0 Å². The standard InChI is InChI=1S/C26H32N2O5/c1-2-31-15-7-14-27-24(29)19-8-6-9-21(16-19)28-25(30)26(12-4-3-5-13-26)20-10-11-22-23(17-20)33-18-32-22/h6,8-11,16-17H,2-5,7,12-15,18H2,1H3,(H,27,29)(H,28,30). The third-order valence-corrected chi connectivity index (χ3v) is 6.40. The van der Waals surface area contributed by atoms with Crippen molar-refractivity contribution < 1.29 is 23.8 Å². The normalized spacial score (nSPS) is 16.3. The second-order valence-corrected chi connectivity index (χ2v) is 8.55. The number of anilines is 1. The van der Waals surface area contributed by atoms with Crippen molar-refractivity contribution >= 4 is 17.5 Å². The number of ether oxygens (including phenoxy) is 3. The van der Waals surface area contributed by atoms with E-state index in [4.69, 9.17) is 14.2 Å². The molecule has 0 spiro atoms. The van der Waals surface area contributed by atoms with E-state index in [1.807, 2.05) is 31.2 Å². The van der Waals surface area contributed by atoms with Crippen LogP contribution in [0.2, 0.25) is 0 Å². The molecule has 0 unspecified atom stereocenters. The first-order chi connectivity index (χ1) is 16.1. The van der Waals surface area contributed by atoms with Gasteiger partial charge in [-0.1, -0.05) is 31.4 Å². The third kappa shape index (κ3) is 5.30. The fourth-order valence-corrected chi connectivity index (χ4v) is 4.61. The Morgan fingerprint density at radius 2 is 1.85 bits per heavy atom. The lowest BCUT2D eigenvalue weighted by atomic mass is 9.68. The van der Waals surface area contributed by atoms with Gasteiger partial charge in [0.25, 0.3) is 5.91 Å². The summed E-state index contributed by atoms with van der Waals surface area (Å²) in [6.45, 7) is 3.99. The minimum absolute atomic E-state index is 0.0460. The van der Waals surface area contributed by atoms with Crippen LogP contribution in [0.4, 0.5) is 5.69 Å². The molecule has 176 valence electrons. The van der Waals surface area contributed by atoms with Crippen LogP contribution in [0.15, 0.2) is 42.5 Å². The molecule has 0 saturated heterocycles. The number of carbonyl (C=O) groups is 2. The number of hydrogen-bond acceptors (Lipinski definition) is 5. The van der Waals surface area contributed by atoms with Gasteiger partial charge >= 0.3 is 0 Å². The van der Waals surface area contributed by atoms with E-state index >= 15 is 0 Å². The zero-order valence-electron chi connectivity index (χ0n) is 19.2. The minimum atomic E-state index is -0.628. The van der Waals surface area contributed by atoms with Crippen LogP contribution in [0.5, 0.6) is 11.5 Å². The van der Waals surface area contributed by atoms with Crippen molar-refractivity contribution in [2.24, 2.45) is 0 Å². The van der Waals surface area contributed by atoms with Gasteiger partial charge in [0.15, 0.2) is 11.5 Å². The highest BCUT2D eigenvalue weighted by Crippen LogP contribution is 2.44. The summed E-state index contributed by atoms with van der Waals surface area (Å²) in [6, 6.07) is 12.9. The molecule has 0 aromatic heterocycles. The summed E-state index contributed by atoms with van der Waals surface area (Å²) in [5.41, 5.74) is 1.46. The number of hydrogen-bond donors (Lipinski definition) is 2. The van der Waals surface area contributed by atoms with E-state index in [1.165, 1.54) is 0 Å². The Balaban J connectivity index is 1.47. The first kappa shape index (κ1) is 23.1. The minimum Gasteiger partial charge on any atom is -0.454 e. The van der Waals surface area contributed by atoms with Gasteiger partial charge in [-0.25, -0.2) is 0 Å². The van der Waals surface area contributed by atoms with E-state index in [1.54, 1.807) is 18.2 Å². The Morgan fingerprint density at radius 1 is 1.03 bits per heavy atom. The van der Waals surface area contributed by atoms with Crippen LogP contribution in [-0.4, -0.2) is 38.4 Å². The molecular weight excluding hydrogens is 420 g/mol. The molecule has 1 aliphatic carbocycles. The first-order valence-electron chi connectivity index (χ1n) is 11.8. The second kappa shape index (κ2) is 10.7. The maximum Gasteiger partial charge on any atom is 0.251 e. The van der Waals surface area contributed by atoms with Crippen molar-refractivity contribution in [2.75, 3.05) is 31.9 Å². The topological polar surface area (TPSA) is 85.9 Å². The summed E-state index contributed by atoms with van der Waals surface area (Å²) >= 11 is 0. The van der Waals surface area contributed by atoms with E-state index in [9.17, 15) is 9.59 Å². The largest absolute Gasteiger partial charge is 0.454 e. The molecular formula is C26H32N2O5.